The van der Waals surface area contributed by atoms with E-state index >= 15 is 0 Å². The number of nitrogens with one attached hydrogen (secondary N) is 1. The van der Waals surface area contributed by atoms with Gasteiger partial charge in [-0.2, -0.15) is 0 Å². The quantitative estimate of drug-likeness (QED) is 0.391. The monoisotopic (exact) mass is 187 g/mol. The molecule has 0 saturated carbocycles. The van der Waals surface area contributed by atoms with E-state index in [2.05, 4.69) is 0 Å². The lowest BCUT2D eigenvalue weighted by atomic mass is 10.2. The van der Waals surface area contributed by atoms with Crippen LogP contribution in [0, 0.1) is 5.41 Å². The summed E-state index contributed by atoms with van der Waals surface area (Å²) in [7, 11) is 0. The van der Waals surface area contributed by atoms with Crippen molar-refractivity contribution in [3.8, 4) is 0 Å². The van der Waals surface area contributed by atoms with Gasteiger partial charge in [-0.15, -0.1) is 0 Å². The van der Waals surface area contributed by atoms with Crippen LogP contribution in [0.1, 0.15) is 6.92 Å². The summed E-state index contributed by atoms with van der Waals surface area (Å²) in [4.78, 5) is 2.05. The SMILES string of the molecule is CC1COC(CO)CN1CC(=N)N. The van der Waals surface area contributed by atoms with Crippen molar-refractivity contribution in [2.24, 2.45) is 5.73 Å². The van der Waals surface area contributed by atoms with Gasteiger partial charge in [0.25, 0.3) is 0 Å². The fraction of sp³-hybridized carbons (Fsp3) is 0.875. The summed E-state index contributed by atoms with van der Waals surface area (Å²) in [6, 6.07) is 0.270. The van der Waals surface area contributed by atoms with Gasteiger partial charge in [-0.1, -0.05) is 0 Å². The lowest BCUT2D eigenvalue weighted by Crippen LogP contribution is -2.51. The summed E-state index contributed by atoms with van der Waals surface area (Å²) in [5.41, 5.74) is 5.31. The molecule has 0 bridgehead atoms. The van der Waals surface area contributed by atoms with Crippen LogP contribution in [-0.4, -0.2) is 54.3 Å². The number of rotatable bonds is 3. The molecule has 76 valence electrons. The van der Waals surface area contributed by atoms with Gasteiger partial charge < -0.3 is 15.6 Å². The van der Waals surface area contributed by atoms with E-state index in [9.17, 15) is 0 Å². The van der Waals surface area contributed by atoms with Crippen molar-refractivity contribution in [3.63, 3.8) is 0 Å². The second kappa shape index (κ2) is 4.55. The van der Waals surface area contributed by atoms with Crippen LogP contribution in [0.5, 0.6) is 0 Å². The van der Waals surface area contributed by atoms with Crippen LogP contribution >= 0.6 is 0 Å². The van der Waals surface area contributed by atoms with Crippen molar-refractivity contribution in [2.75, 3.05) is 26.3 Å². The molecule has 1 fully saturated rings. The maximum Gasteiger partial charge on any atom is 0.105 e. The van der Waals surface area contributed by atoms with Crippen molar-refractivity contribution >= 4 is 5.84 Å². The molecular formula is C8H17N3O2. The predicted octanol–water partition coefficient (Wildman–Crippen LogP) is -0.996. The van der Waals surface area contributed by atoms with Crippen molar-refractivity contribution in [3.05, 3.63) is 0 Å². The largest absolute Gasteiger partial charge is 0.394 e. The molecule has 0 amide bonds. The zero-order chi connectivity index (χ0) is 9.84. The number of amidine groups is 1. The summed E-state index contributed by atoms with van der Waals surface area (Å²) < 4.78 is 5.35. The predicted molar refractivity (Wildman–Crippen MR) is 49.8 cm³/mol. The zero-order valence-electron chi connectivity index (χ0n) is 7.86. The summed E-state index contributed by atoms with van der Waals surface area (Å²) in [5, 5.41) is 16.1. The van der Waals surface area contributed by atoms with E-state index in [0.717, 1.165) is 0 Å². The number of aliphatic hydroxyl groups excluding tert-OH is 1. The van der Waals surface area contributed by atoms with Gasteiger partial charge in [0.15, 0.2) is 0 Å². The highest BCUT2D eigenvalue weighted by atomic mass is 16.5. The van der Waals surface area contributed by atoms with Crippen LogP contribution in [0.15, 0.2) is 0 Å². The van der Waals surface area contributed by atoms with Gasteiger partial charge in [-0.05, 0) is 6.92 Å². The van der Waals surface area contributed by atoms with Crippen LogP contribution in [-0.2, 0) is 4.74 Å². The second-order valence-electron chi connectivity index (χ2n) is 3.44. The molecule has 13 heavy (non-hydrogen) atoms. The Labute approximate surface area is 78.0 Å². The normalized spacial score (nSPS) is 30.3. The maximum atomic E-state index is 8.89. The number of hydrogen-bond acceptors (Lipinski definition) is 4. The first-order valence-electron chi connectivity index (χ1n) is 4.43. The van der Waals surface area contributed by atoms with E-state index in [1.54, 1.807) is 0 Å². The maximum absolute atomic E-state index is 8.89. The minimum absolute atomic E-state index is 0.0289. The van der Waals surface area contributed by atoms with E-state index in [4.69, 9.17) is 21.0 Å². The Hall–Kier alpha value is -0.650. The van der Waals surface area contributed by atoms with Crippen LogP contribution in [0.3, 0.4) is 0 Å². The fourth-order valence-corrected chi connectivity index (χ4v) is 1.42. The molecule has 1 aliphatic rings. The fourth-order valence-electron chi connectivity index (χ4n) is 1.42. The Bertz CT molecular complexity index is 186. The first-order chi connectivity index (χ1) is 6.13. The smallest absolute Gasteiger partial charge is 0.105 e. The zero-order valence-corrected chi connectivity index (χ0v) is 7.86. The van der Waals surface area contributed by atoms with Crippen LogP contribution in [0.25, 0.3) is 0 Å². The summed E-state index contributed by atoms with van der Waals surface area (Å²) in [6.45, 7) is 3.76. The lowest BCUT2D eigenvalue weighted by molar-refractivity contribution is -0.0730. The van der Waals surface area contributed by atoms with E-state index < -0.39 is 0 Å². The number of morpholine rings is 1. The standard InChI is InChI=1S/C8H17N3O2/c1-6-5-13-7(4-12)2-11(6)3-8(9)10/h6-7,12H,2-5H2,1H3,(H3,9,10). The van der Waals surface area contributed by atoms with E-state index in [0.29, 0.717) is 19.7 Å². The highest BCUT2D eigenvalue weighted by Crippen LogP contribution is 2.10. The summed E-state index contributed by atoms with van der Waals surface area (Å²) in [6.07, 6.45) is -0.129. The highest BCUT2D eigenvalue weighted by Gasteiger charge is 2.25. The average molecular weight is 187 g/mol. The molecule has 5 nitrogen and oxygen atoms in total. The molecule has 0 aromatic heterocycles. The van der Waals surface area contributed by atoms with Crippen molar-refractivity contribution in [2.45, 2.75) is 19.1 Å². The second-order valence-corrected chi connectivity index (χ2v) is 3.44. The molecule has 1 saturated heterocycles. The minimum atomic E-state index is -0.129. The number of nitrogens with zero attached hydrogens (tertiary/aromatic N) is 1. The van der Waals surface area contributed by atoms with Gasteiger partial charge in [0.2, 0.25) is 0 Å². The topological polar surface area (TPSA) is 82.6 Å². The third-order valence-electron chi connectivity index (χ3n) is 2.21. The molecule has 0 spiro atoms. The molecule has 0 aromatic rings. The Balaban J connectivity index is 2.44. The Morgan fingerprint density at radius 2 is 2.46 bits per heavy atom. The molecule has 1 heterocycles. The molecule has 2 unspecified atom stereocenters. The lowest BCUT2D eigenvalue weighted by Gasteiger charge is -2.36. The van der Waals surface area contributed by atoms with Crippen molar-refractivity contribution < 1.29 is 9.84 Å². The molecule has 5 heteroatoms. The van der Waals surface area contributed by atoms with E-state index in [-0.39, 0.29) is 24.6 Å². The molecule has 4 N–H and O–H groups in total. The molecule has 0 aliphatic carbocycles. The molecule has 0 radical (unpaired) electrons. The molecule has 1 rings (SSSR count). The summed E-state index contributed by atoms with van der Waals surface area (Å²) >= 11 is 0. The Kier molecular flexibility index (Phi) is 3.65. The van der Waals surface area contributed by atoms with Gasteiger partial charge in [0.05, 0.1) is 25.9 Å². The first kappa shape index (κ1) is 10.4. The first-order valence-corrected chi connectivity index (χ1v) is 4.43. The third-order valence-corrected chi connectivity index (χ3v) is 2.21. The number of ether oxygens (including phenoxy) is 1. The Morgan fingerprint density at radius 3 is 3.00 bits per heavy atom. The van der Waals surface area contributed by atoms with E-state index in [1.807, 2.05) is 11.8 Å². The Morgan fingerprint density at radius 1 is 1.77 bits per heavy atom. The molecule has 0 aromatic carbocycles. The van der Waals surface area contributed by atoms with Gasteiger partial charge in [0, 0.05) is 12.6 Å². The van der Waals surface area contributed by atoms with Crippen molar-refractivity contribution in [1.29, 1.82) is 5.41 Å². The molecule has 2 atom stereocenters. The van der Waals surface area contributed by atoms with E-state index in [1.165, 1.54) is 0 Å². The highest BCUT2D eigenvalue weighted by molar-refractivity contribution is 5.78. The van der Waals surface area contributed by atoms with Gasteiger partial charge in [-0.25, -0.2) is 0 Å². The molecular weight excluding hydrogens is 170 g/mol. The van der Waals surface area contributed by atoms with Crippen LogP contribution in [0.4, 0.5) is 0 Å². The van der Waals surface area contributed by atoms with Crippen LogP contribution < -0.4 is 5.73 Å². The number of hydrogen-bond donors (Lipinski definition) is 3. The van der Waals surface area contributed by atoms with Gasteiger partial charge in [-0.3, -0.25) is 10.3 Å². The average Bonchev–Trinajstić information content (AvgIpc) is 2.08. The van der Waals surface area contributed by atoms with Gasteiger partial charge >= 0.3 is 0 Å². The van der Waals surface area contributed by atoms with Crippen molar-refractivity contribution in [1.82, 2.24) is 4.90 Å². The molecule has 1 aliphatic heterocycles. The third kappa shape index (κ3) is 2.95. The number of nitrogens with two attached hydrogens (primary N) is 1. The number of aliphatic hydroxyl groups is 1. The summed E-state index contributed by atoms with van der Waals surface area (Å²) in [5.74, 6) is 0.158. The van der Waals surface area contributed by atoms with Crippen LogP contribution in [0.2, 0.25) is 0 Å². The van der Waals surface area contributed by atoms with Gasteiger partial charge in [0.1, 0.15) is 5.84 Å². The minimum Gasteiger partial charge on any atom is -0.394 e.